The Bertz CT molecular complexity index is 962. The fourth-order valence-electron chi connectivity index (χ4n) is 2.34. The van der Waals surface area contributed by atoms with E-state index in [2.05, 4.69) is 25.9 Å². The normalized spacial score (nSPS) is 10.8. The number of aromatic nitrogens is 4. The Morgan fingerprint density at radius 3 is 2.54 bits per heavy atom. The molecule has 10 nitrogen and oxygen atoms in total. The molecule has 0 bridgehead atoms. The number of hydrogen-bond donors (Lipinski definition) is 2. The molecule has 2 aromatic carbocycles. The molecule has 1 heterocycles. The average Bonchev–Trinajstić information content (AvgIpc) is 3.18. The number of carbonyl (C=O) groups is 1. The zero-order valence-electron chi connectivity index (χ0n) is 15.2. The van der Waals surface area contributed by atoms with Gasteiger partial charge in [0.15, 0.2) is 11.5 Å². The number of rotatable bonds is 7. The SMILES string of the molecule is COc1cc(C=NNC(=O)Cn2nnc(-c3ccccc3)n2)cc(OC)c1O. The van der Waals surface area contributed by atoms with Crippen molar-refractivity contribution in [3.63, 3.8) is 0 Å². The molecule has 0 aliphatic heterocycles. The number of aromatic hydroxyl groups is 1. The molecule has 0 aliphatic rings. The van der Waals surface area contributed by atoms with Crippen LogP contribution in [0.15, 0.2) is 47.6 Å². The smallest absolute Gasteiger partial charge is 0.263 e. The van der Waals surface area contributed by atoms with Crippen LogP contribution in [-0.2, 0) is 11.3 Å². The van der Waals surface area contributed by atoms with Gasteiger partial charge in [0.05, 0.1) is 20.4 Å². The lowest BCUT2D eigenvalue weighted by Crippen LogP contribution is -2.24. The number of ether oxygens (including phenoxy) is 2. The Labute approximate surface area is 160 Å². The van der Waals surface area contributed by atoms with Crippen LogP contribution in [0.3, 0.4) is 0 Å². The summed E-state index contributed by atoms with van der Waals surface area (Å²) >= 11 is 0. The van der Waals surface area contributed by atoms with Gasteiger partial charge in [-0.15, -0.1) is 10.2 Å². The van der Waals surface area contributed by atoms with Gasteiger partial charge in [0, 0.05) is 11.1 Å². The number of hydrogen-bond acceptors (Lipinski definition) is 8. The van der Waals surface area contributed by atoms with Gasteiger partial charge in [-0.3, -0.25) is 4.79 Å². The first-order chi connectivity index (χ1) is 13.6. The standard InChI is InChI=1S/C18H18N6O4/c1-27-14-8-12(9-15(28-2)17(14)26)10-19-20-16(25)11-24-22-18(21-23-24)13-6-4-3-5-7-13/h3-10,26H,11H2,1-2H3,(H,20,25). The van der Waals surface area contributed by atoms with Crippen molar-refractivity contribution in [2.75, 3.05) is 14.2 Å². The summed E-state index contributed by atoms with van der Waals surface area (Å²) in [5, 5.41) is 25.7. The lowest BCUT2D eigenvalue weighted by atomic mass is 10.2. The first-order valence-electron chi connectivity index (χ1n) is 8.21. The van der Waals surface area contributed by atoms with Crippen LogP contribution in [0.25, 0.3) is 11.4 Å². The molecule has 0 saturated carbocycles. The molecular formula is C18H18N6O4. The predicted molar refractivity (Wildman–Crippen MR) is 100 cm³/mol. The van der Waals surface area contributed by atoms with Crippen molar-refractivity contribution in [3.8, 4) is 28.6 Å². The summed E-state index contributed by atoms with van der Waals surface area (Å²) in [6, 6.07) is 12.4. The van der Waals surface area contributed by atoms with Crippen LogP contribution in [0.2, 0.25) is 0 Å². The number of nitrogens with zero attached hydrogens (tertiary/aromatic N) is 5. The van der Waals surface area contributed by atoms with E-state index in [1.807, 2.05) is 30.3 Å². The summed E-state index contributed by atoms with van der Waals surface area (Å²) < 4.78 is 10.1. The predicted octanol–water partition coefficient (Wildman–Crippen LogP) is 1.21. The van der Waals surface area contributed by atoms with Crippen LogP contribution in [0.5, 0.6) is 17.2 Å². The third-order valence-corrected chi connectivity index (χ3v) is 3.67. The molecule has 1 aromatic heterocycles. The van der Waals surface area contributed by atoms with Gasteiger partial charge in [0.1, 0.15) is 6.54 Å². The van der Waals surface area contributed by atoms with E-state index >= 15 is 0 Å². The molecule has 0 aliphatic carbocycles. The Morgan fingerprint density at radius 2 is 1.89 bits per heavy atom. The quantitative estimate of drug-likeness (QED) is 0.465. The van der Waals surface area contributed by atoms with Gasteiger partial charge >= 0.3 is 0 Å². The summed E-state index contributed by atoms with van der Waals surface area (Å²) in [4.78, 5) is 13.2. The molecule has 2 N–H and O–H groups in total. The second-order valence-electron chi connectivity index (χ2n) is 5.58. The second kappa shape index (κ2) is 8.62. The van der Waals surface area contributed by atoms with Gasteiger partial charge in [-0.05, 0) is 17.3 Å². The van der Waals surface area contributed by atoms with E-state index in [1.165, 1.54) is 25.2 Å². The first-order valence-corrected chi connectivity index (χ1v) is 8.21. The van der Waals surface area contributed by atoms with Crippen molar-refractivity contribution in [1.29, 1.82) is 0 Å². The molecule has 3 rings (SSSR count). The molecule has 10 heteroatoms. The minimum absolute atomic E-state index is 0.113. The highest BCUT2D eigenvalue weighted by molar-refractivity contribution is 5.84. The maximum atomic E-state index is 12.0. The second-order valence-corrected chi connectivity index (χ2v) is 5.58. The number of hydrazone groups is 1. The van der Waals surface area contributed by atoms with E-state index in [0.717, 1.165) is 5.56 Å². The number of methoxy groups -OCH3 is 2. The van der Waals surface area contributed by atoms with Crippen molar-refractivity contribution in [2.24, 2.45) is 5.10 Å². The highest BCUT2D eigenvalue weighted by atomic mass is 16.5. The van der Waals surface area contributed by atoms with Gasteiger partial charge in [0.2, 0.25) is 11.6 Å². The minimum atomic E-state index is -0.425. The molecule has 0 fully saturated rings. The van der Waals surface area contributed by atoms with Crippen LogP contribution in [0.1, 0.15) is 5.56 Å². The van der Waals surface area contributed by atoms with E-state index < -0.39 is 5.91 Å². The maximum Gasteiger partial charge on any atom is 0.263 e. The number of phenolic OH excluding ortho intramolecular Hbond substituents is 1. The zero-order valence-corrected chi connectivity index (χ0v) is 15.2. The Balaban J connectivity index is 1.61. The molecular weight excluding hydrogens is 364 g/mol. The molecule has 28 heavy (non-hydrogen) atoms. The molecule has 0 spiro atoms. The monoisotopic (exact) mass is 382 g/mol. The molecule has 1 amide bonds. The Morgan fingerprint density at radius 1 is 1.21 bits per heavy atom. The van der Waals surface area contributed by atoms with Crippen LogP contribution >= 0.6 is 0 Å². The van der Waals surface area contributed by atoms with Crippen LogP contribution < -0.4 is 14.9 Å². The highest BCUT2D eigenvalue weighted by Gasteiger charge is 2.11. The van der Waals surface area contributed by atoms with Crippen molar-refractivity contribution < 1.29 is 19.4 Å². The van der Waals surface area contributed by atoms with Crippen molar-refractivity contribution in [3.05, 3.63) is 48.0 Å². The third-order valence-electron chi connectivity index (χ3n) is 3.67. The molecule has 0 saturated heterocycles. The number of phenols is 1. The maximum absolute atomic E-state index is 12.0. The molecule has 144 valence electrons. The van der Waals surface area contributed by atoms with Gasteiger partial charge in [-0.25, -0.2) is 5.43 Å². The van der Waals surface area contributed by atoms with Crippen molar-refractivity contribution in [1.82, 2.24) is 25.6 Å². The summed E-state index contributed by atoms with van der Waals surface area (Å²) in [6.07, 6.45) is 1.40. The summed E-state index contributed by atoms with van der Waals surface area (Å²) in [5.41, 5.74) is 3.75. The minimum Gasteiger partial charge on any atom is -0.502 e. The first kappa shape index (κ1) is 18.8. The van der Waals surface area contributed by atoms with E-state index in [0.29, 0.717) is 11.4 Å². The van der Waals surface area contributed by atoms with E-state index in [9.17, 15) is 9.90 Å². The summed E-state index contributed by atoms with van der Waals surface area (Å²) in [7, 11) is 2.85. The number of amides is 1. The van der Waals surface area contributed by atoms with Gasteiger partial charge < -0.3 is 14.6 Å². The number of benzene rings is 2. The fraction of sp³-hybridized carbons (Fsp3) is 0.167. The summed E-state index contributed by atoms with van der Waals surface area (Å²) in [6.45, 7) is -0.139. The van der Waals surface area contributed by atoms with Gasteiger partial charge in [-0.2, -0.15) is 9.90 Å². The largest absolute Gasteiger partial charge is 0.502 e. The van der Waals surface area contributed by atoms with E-state index in [1.54, 1.807) is 12.1 Å². The zero-order chi connectivity index (χ0) is 19.9. The van der Waals surface area contributed by atoms with Gasteiger partial charge in [-0.1, -0.05) is 30.3 Å². The number of carbonyl (C=O) groups excluding carboxylic acids is 1. The lowest BCUT2D eigenvalue weighted by Gasteiger charge is -2.09. The summed E-state index contributed by atoms with van der Waals surface area (Å²) in [5.74, 6) is 0.351. The van der Waals surface area contributed by atoms with Crippen molar-refractivity contribution in [2.45, 2.75) is 6.54 Å². The van der Waals surface area contributed by atoms with Crippen LogP contribution in [-0.4, -0.2) is 51.7 Å². The molecule has 0 unspecified atom stereocenters. The van der Waals surface area contributed by atoms with Gasteiger partial charge in [0.25, 0.3) is 5.91 Å². The Hall–Kier alpha value is -3.95. The number of nitrogens with one attached hydrogen (secondary N) is 1. The van der Waals surface area contributed by atoms with Crippen LogP contribution in [0.4, 0.5) is 0 Å². The average molecular weight is 382 g/mol. The van der Waals surface area contributed by atoms with Crippen molar-refractivity contribution >= 4 is 12.1 Å². The fourth-order valence-corrected chi connectivity index (χ4v) is 2.34. The topological polar surface area (TPSA) is 124 Å². The highest BCUT2D eigenvalue weighted by Crippen LogP contribution is 2.36. The third kappa shape index (κ3) is 4.41. The lowest BCUT2D eigenvalue weighted by molar-refractivity contribution is -0.122. The molecule has 0 atom stereocenters. The molecule has 0 radical (unpaired) electrons. The number of tetrazole rings is 1. The Kier molecular flexibility index (Phi) is 5.80. The van der Waals surface area contributed by atoms with E-state index in [4.69, 9.17) is 9.47 Å². The van der Waals surface area contributed by atoms with Crippen LogP contribution in [0, 0.1) is 0 Å². The molecule has 3 aromatic rings. The van der Waals surface area contributed by atoms with E-state index in [-0.39, 0.29) is 23.8 Å².